The average Bonchev–Trinajstić information content (AvgIpc) is 3.51. The number of benzene rings is 1. The van der Waals surface area contributed by atoms with Crippen LogP contribution in [0.15, 0.2) is 19.0 Å². The molecule has 0 spiro atoms. The molecule has 1 unspecified atom stereocenters. The maximum Gasteiger partial charge on any atom is 0.225 e. The van der Waals surface area contributed by atoms with E-state index in [1.54, 1.807) is 0 Å². The highest BCUT2D eigenvalue weighted by Gasteiger charge is 2.30. The molecule has 0 bridgehead atoms. The summed E-state index contributed by atoms with van der Waals surface area (Å²) in [6.45, 7) is 15.2. The number of allylic oxidation sites excluding steroid dienone is 1. The summed E-state index contributed by atoms with van der Waals surface area (Å²) < 4.78 is 21.1. The highest BCUT2D eigenvalue weighted by molar-refractivity contribution is 7.23. The van der Waals surface area contributed by atoms with Gasteiger partial charge in [-0.2, -0.15) is 5.26 Å². The van der Waals surface area contributed by atoms with Crippen LogP contribution in [-0.4, -0.2) is 28.0 Å². The van der Waals surface area contributed by atoms with Crippen LogP contribution in [0.5, 0.6) is 0 Å². The van der Waals surface area contributed by atoms with Crippen LogP contribution < -0.4 is 10.6 Å². The smallest absolute Gasteiger partial charge is 0.225 e. The highest BCUT2D eigenvalue weighted by Crippen LogP contribution is 2.47. The van der Waals surface area contributed by atoms with Crippen molar-refractivity contribution in [3.05, 3.63) is 47.0 Å². The van der Waals surface area contributed by atoms with Crippen molar-refractivity contribution in [1.82, 2.24) is 15.0 Å². The molecule has 1 aliphatic heterocycles. The van der Waals surface area contributed by atoms with Gasteiger partial charge >= 0.3 is 0 Å². The zero-order valence-electron chi connectivity index (χ0n) is 22.2. The molecule has 196 valence electrons. The maximum atomic E-state index is 14.9. The molecule has 4 heterocycles. The third-order valence-corrected chi connectivity index (χ3v) is 8.22. The van der Waals surface area contributed by atoms with Gasteiger partial charge in [0.1, 0.15) is 11.1 Å². The summed E-state index contributed by atoms with van der Waals surface area (Å²) >= 11 is 1.06. The maximum absolute atomic E-state index is 14.9. The van der Waals surface area contributed by atoms with Crippen molar-refractivity contribution >= 4 is 48.8 Å². The number of pyridine rings is 1. The van der Waals surface area contributed by atoms with Crippen molar-refractivity contribution in [2.24, 2.45) is 5.92 Å². The number of ether oxygens (including phenoxy) is 1. The van der Waals surface area contributed by atoms with Crippen LogP contribution in [0.3, 0.4) is 0 Å². The summed E-state index contributed by atoms with van der Waals surface area (Å²) in [6.07, 6.45) is 5.34. The fourth-order valence-electron chi connectivity index (χ4n) is 5.48. The molecule has 0 fully saturated rings. The van der Waals surface area contributed by atoms with Gasteiger partial charge in [0.05, 0.1) is 40.9 Å². The average molecular weight is 531 g/mol. The summed E-state index contributed by atoms with van der Waals surface area (Å²) in [5, 5.41) is 11.5. The summed E-state index contributed by atoms with van der Waals surface area (Å²) in [6, 6.07) is 2.16. The van der Waals surface area contributed by atoms with E-state index in [1.807, 2.05) is 13.1 Å². The Hall–Kier alpha value is -3.61. The second kappa shape index (κ2) is 10.3. The van der Waals surface area contributed by atoms with E-state index in [1.165, 1.54) is 6.20 Å². The lowest BCUT2D eigenvalue weighted by Gasteiger charge is -2.25. The van der Waals surface area contributed by atoms with E-state index in [2.05, 4.69) is 43.3 Å². The molecule has 0 radical (unpaired) electrons. The lowest BCUT2D eigenvalue weighted by atomic mass is 9.87. The number of aromatic nitrogens is 3. The van der Waals surface area contributed by atoms with Crippen molar-refractivity contribution < 1.29 is 9.13 Å². The van der Waals surface area contributed by atoms with Gasteiger partial charge in [0.2, 0.25) is 5.95 Å². The van der Waals surface area contributed by atoms with Crippen molar-refractivity contribution in [2.75, 3.05) is 23.7 Å². The summed E-state index contributed by atoms with van der Waals surface area (Å²) in [5.74, 6) is 0.663. The Bertz CT molecular complexity index is 1620. The minimum Gasteiger partial charge on any atom is -0.389 e. The molecule has 7 nitrogen and oxygen atoms in total. The highest BCUT2D eigenvalue weighted by atomic mass is 32.1. The van der Waals surface area contributed by atoms with Gasteiger partial charge in [-0.3, -0.25) is 4.98 Å². The Morgan fingerprint density at radius 2 is 2.05 bits per heavy atom. The van der Waals surface area contributed by atoms with Crippen LogP contribution in [-0.2, 0) is 18.0 Å². The van der Waals surface area contributed by atoms with Crippen molar-refractivity contribution in [3.8, 4) is 17.3 Å². The Labute approximate surface area is 225 Å². The van der Waals surface area contributed by atoms with E-state index in [-0.39, 0.29) is 10.6 Å². The number of thiophene rings is 1. The molecule has 0 amide bonds. The second-order valence-corrected chi connectivity index (χ2v) is 11.0. The zero-order chi connectivity index (χ0) is 27.1. The number of halogens is 1. The summed E-state index contributed by atoms with van der Waals surface area (Å²) in [5.41, 5.74) is 11.9. The van der Waals surface area contributed by atoms with Gasteiger partial charge in [-0.15, -0.1) is 11.3 Å². The molecule has 9 heteroatoms. The Morgan fingerprint density at radius 1 is 1.29 bits per heavy atom. The van der Waals surface area contributed by atoms with Gasteiger partial charge in [0.25, 0.3) is 0 Å². The predicted molar refractivity (Wildman–Crippen MR) is 152 cm³/mol. The SMILES string of the molecule is C=C(C)c1c(-c2ncc(F)c3sc(N)c(C#N)c23)c2c(c3cnc(N(CC)CC(C)CCC)nc13)COC2. The quantitative estimate of drug-likeness (QED) is 0.266. The number of hydrogen-bond donors (Lipinski definition) is 1. The van der Waals surface area contributed by atoms with E-state index in [9.17, 15) is 9.65 Å². The van der Waals surface area contributed by atoms with Crippen LogP contribution in [0.4, 0.5) is 15.3 Å². The minimum absolute atomic E-state index is 0.234. The molecule has 0 aliphatic carbocycles. The number of fused-ring (bicyclic) bond motifs is 4. The molecule has 1 aromatic carbocycles. The predicted octanol–water partition coefficient (Wildman–Crippen LogP) is 6.83. The largest absolute Gasteiger partial charge is 0.389 e. The lowest BCUT2D eigenvalue weighted by molar-refractivity contribution is 0.135. The third kappa shape index (κ3) is 4.18. The fourth-order valence-corrected chi connectivity index (χ4v) is 6.40. The Balaban J connectivity index is 1.84. The fraction of sp³-hybridized carbons (Fsp3) is 0.379. The van der Waals surface area contributed by atoms with Crippen molar-refractivity contribution in [3.63, 3.8) is 0 Å². The number of hydrogen-bond acceptors (Lipinski definition) is 8. The van der Waals surface area contributed by atoms with Crippen LogP contribution in [0, 0.1) is 23.1 Å². The first-order valence-corrected chi connectivity index (χ1v) is 13.7. The van der Waals surface area contributed by atoms with Crippen molar-refractivity contribution in [1.29, 1.82) is 5.26 Å². The first-order valence-electron chi connectivity index (χ1n) is 12.9. The Kier molecular flexibility index (Phi) is 7.03. The van der Waals surface area contributed by atoms with Crippen LogP contribution in [0.1, 0.15) is 62.8 Å². The molecule has 0 saturated heterocycles. The Morgan fingerprint density at radius 3 is 2.74 bits per heavy atom. The first-order chi connectivity index (χ1) is 18.3. The number of nitriles is 1. The molecule has 1 atom stereocenters. The molecular formula is C29H31FN6OS. The standard InChI is InChI=1S/C29H31FN6OS/c1-6-8-16(5)12-36(7-2)29-34-10-18-19-13-37-14-20(19)23(22(15(3)4)25(18)35-29)26-24-17(9-31)28(32)38-27(24)21(30)11-33-26/h10-11,16H,3,6-8,12-14,32H2,1-2,4-5H3. The van der Waals surface area contributed by atoms with Gasteiger partial charge in [-0.1, -0.05) is 26.8 Å². The monoisotopic (exact) mass is 530 g/mol. The van der Waals surface area contributed by atoms with E-state index in [0.717, 1.165) is 76.0 Å². The van der Waals surface area contributed by atoms with Gasteiger partial charge in [0.15, 0.2) is 5.82 Å². The summed E-state index contributed by atoms with van der Waals surface area (Å²) in [4.78, 5) is 16.6. The lowest BCUT2D eigenvalue weighted by Crippen LogP contribution is -2.30. The normalized spacial score (nSPS) is 13.6. The summed E-state index contributed by atoms with van der Waals surface area (Å²) in [7, 11) is 0. The van der Waals surface area contributed by atoms with E-state index in [0.29, 0.717) is 40.9 Å². The third-order valence-electron chi connectivity index (χ3n) is 7.20. The number of nitrogen functional groups attached to an aromatic ring is 1. The topological polar surface area (TPSA) is 101 Å². The number of anilines is 2. The van der Waals surface area contributed by atoms with Gasteiger partial charge in [0, 0.05) is 41.2 Å². The van der Waals surface area contributed by atoms with E-state index < -0.39 is 5.82 Å². The molecule has 0 saturated carbocycles. The minimum atomic E-state index is -0.503. The van der Waals surface area contributed by atoms with Crippen molar-refractivity contribution in [2.45, 2.75) is 53.8 Å². The molecular weight excluding hydrogens is 499 g/mol. The number of nitrogens with zero attached hydrogens (tertiary/aromatic N) is 5. The molecule has 5 rings (SSSR count). The van der Waals surface area contributed by atoms with Gasteiger partial charge < -0.3 is 15.4 Å². The number of nitrogens with two attached hydrogens (primary N) is 1. The molecule has 2 N–H and O–H groups in total. The molecule has 4 aromatic rings. The van der Waals surface area contributed by atoms with Crippen LogP contribution in [0.25, 0.3) is 37.8 Å². The number of rotatable bonds is 8. The van der Waals surface area contributed by atoms with E-state index in [4.69, 9.17) is 20.4 Å². The van der Waals surface area contributed by atoms with Crippen LogP contribution >= 0.6 is 11.3 Å². The van der Waals surface area contributed by atoms with Crippen LogP contribution in [0.2, 0.25) is 0 Å². The van der Waals surface area contributed by atoms with Gasteiger partial charge in [-0.25, -0.2) is 14.4 Å². The molecule has 1 aliphatic rings. The zero-order valence-corrected chi connectivity index (χ0v) is 23.0. The van der Waals surface area contributed by atoms with E-state index >= 15 is 0 Å². The molecule has 3 aromatic heterocycles. The molecule has 38 heavy (non-hydrogen) atoms. The van der Waals surface area contributed by atoms with Gasteiger partial charge in [-0.05, 0) is 42.9 Å². The second-order valence-electron chi connectivity index (χ2n) is 9.96. The first kappa shape index (κ1) is 26.0.